The molecule has 0 aliphatic carbocycles. The normalized spacial score (nSPS) is 21.9. The largest absolute Gasteiger partial charge is 0.366 e. The molecular weight excluding hydrogens is 282 g/mol. The zero-order valence-electron chi connectivity index (χ0n) is 10.8. The molecule has 102 valence electrons. The smallest absolute Gasteiger partial charge is 0.152 e. The van der Waals surface area contributed by atoms with Crippen molar-refractivity contribution in [2.75, 3.05) is 16.8 Å². The molecule has 0 spiro atoms. The molecule has 3 rings (SSSR count). The number of nitrogens with zero attached hydrogens (tertiary/aromatic N) is 2. The van der Waals surface area contributed by atoms with Gasteiger partial charge in [0.25, 0.3) is 0 Å². The second-order valence-corrected chi connectivity index (χ2v) is 8.36. The lowest BCUT2D eigenvalue weighted by molar-refractivity contribution is 0.602. The van der Waals surface area contributed by atoms with Gasteiger partial charge >= 0.3 is 0 Å². The molecule has 1 aliphatic rings. The Labute approximate surface area is 116 Å². The van der Waals surface area contributed by atoms with E-state index >= 15 is 0 Å². The highest BCUT2D eigenvalue weighted by Gasteiger charge is 2.28. The zero-order valence-corrected chi connectivity index (χ0v) is 12.4. The average molecular weight is 297 g/mol. The molecule has 1 aliphatic heterocycles. The van der Waals surface area contributed by atoms with Gasteiger partial charge in [-0.15, -0.1) is 11.3 Å². The van der Waals surface area contributed by atoms with Crippen molar-refractivity contribution in [3.8, 4) is 0 Å². The van der Waals surface area contributed by atoms with Gasteiger partial charge in [-0.3, -0.25) is 0 Å². The standard InChI is InChI=1S/C12H15N3O2S2/c1-7-8(2)18-12-10(7)11(13-6-14-12)15-9-3-4-19(16,17)5-9/h6,9H,3-5H2,1-2H3,(H,13,14,15). The lowest BCUT2D eigenvalue weighted by atomic mass is 10.2. The molecule has 0 amide bonds. The number of hydrogen-bond acceptors (Lipinski definition) is 6. The number of thiophene rings is 1. The summed E-state index contributed by atoms with van der Waals surface area (Å²) in [5, 5.41) is 4.29. The van der Waals surface area contributed by atoms with Crippen LogP contribution in [-0.2, 0) is 9.84 Å². The van der Waals surface area contributed by atoms with Crippen LogP contribution in [0.4, 0.5) is 5.82 Å². The summed E-state index contributed by atoms with van der Waals surface area (Å²) in [7, 11) is -2.88. The second-order valence-electron chi connectivity index (χ2n) is 4.93. The SMILES string of the molecule is Cc1sc2ncnc(NC3CCS(=O)(=O)C3)c2c1C. The van der Waals surface area contributed by atoms with Gasteiger partial charge in [-0.05, 0) is 25.8 Å². The highest BCUT2D eigenvalue weighted by molar-refractivity contribution is 7.91. The van der Waals surface area contributed by atoms with Crippen LogP contribution in [0.25, 0.3) is 10.2 Å². The van der Waals surface area contributed by atoms with E-state index in [1.165, 1.54) is 16.8 Å². The van der Waals surface area contributed by atoms with E-state index in [1.54, 1.807) is 11.3 Å². The molecule has 1 atom stereocenters. The minimum absolute atomic E-state index is 0.0392. The monoisotopic (exact) mass is 297 g/mol. The first-order valence-corrected chi connectivity index (χ1v) is 8.78. The summed E-state index contributed by atoms with van der Waals surface area (Å²) in [6, 6.07) is -0.0392. The van der Waals surface area contributed by atoms with Crippen molar-refractivity contribution in [2.45, 2.75) is 26.3 Å². The van der Waals surface area contributed by atoms with E-state index in [1.807, 2.05) is 6.92 Å². The lowest BCUT2D eigenvalue weighted by Gasteiger charge is -2.12. The molecule has 2 aromatic rings. The Kier molecular flexibility index (Phi) is 2.98. The first kappa shape index (κ1) is 12.8. The summed E-state index contributed by atoms with van der Waals surface area (Å²) < 4.78 is 23.0. The van der Waals surface area contributed by atoms with Crippen LogP contribution in [0, 0.1) is 13.8 Å². The van der Waals surface area contributed by atoms with Gasteiger partial charge in [0.15, 0.2) is 9.84 Å². The second kappa shape index (κ2) is 4.42. The maximum absolute atomic E-state index is 11.5. The molecule has 1 fully saturated rings. The highest BCUT2D eigenvalue weighted by Crippen LogP contribution is 2.33. The number of hydrogen-bond donors (Lipinski definition) is 1. The van der Waals surface area contributed by atoms with Crippen molar-refractivity contribution >= 4 is 37.2 Å². The molecule has 0 saturated carbocycles. The molecule has 0 bridgehead atoms. The van der Waals surface area contributed by atoms with Crippen LogP contribution >= 0.6 is 11.3 Å². The maximum atomic E-state index is 11.5. The van der Waals surface area contributed by atoms with E-state index in [0.717, 1.165) is 16.0 Å². The Balaban J connectivity index is 1.97. The fourth-order valence-electron chi connectivity index (χ4n) is 2.39. The molecule has 0 radical (unpaired) electrons. The van der Waals surface area contributed by atoms with Crippen LogP contribution in [0.3, 0.4) is 0 Å². The minimum Gasteiger partial charge on any atom is -0.366 e. The third kappa shape index (κ3) is 2.32. The van der Waals surface area contributed by atoms with Crippen LogP contribution in [0.1, 0.15) is 16.9 Å². The van der Waals surface area contributed by atoms with E-state index in [0.29, 0.717) is 6.42 Å². The molecule has 1 saturated heterocycles. The molecule has 5 nitrogen and oxygen atoms in total. The summed E-state index contributed by atoms with van der Waals surface area (Å²) in [5.74, 6) is 1.22. The topological polar surface area (TPSA) is 72.0 Å². The number of sulfone groups is 1. The number of aryl methyl sites for hydroxylation is 2. The number of anilines is 1. The average Bonchev–Trinajstić information content (AvgIpc) is 2.81. The van der Waals surface area contributed by atoms with Gasteiger partial charge in [0, 0.05) is 10.9 Å². The summed E-state index contributed by atoms with van der Waals surface area (Å²) in [5.41, 5.74) is 1.17. The molecule has 2 aromatic heterocycles. The van der Waals surface area contributed by atoms with Crippen LogP contribution in [0.5, 0.6) is 0 Å². The Bertz CT molecular complexity index is 737. The summed E-state index contributed by atoms with van der Waals surface area (Å²) in [6.07, 6.45) is 2.18. The minimum atomic E-state index is -2.88. The van der Waals surface area contributed by atoms with Gasteiger partial charge in [-0.1, -0.05) is 0 Å². The third-order valence-corrected chi connectivity index (χ3v) is 6.42. The van der Waals surface area contributed by atoms with Crippen molar-refractivity contribution < 1.29 is 8.42 Å². The fraction of sp³-hybridized carbons (Fsp3) is 0.500. The van der Waals surface area contributed by atoms with Crippen LogP contribution in [-0.4, -0.2) is 35.9 Å². The van der Waals surface area contributed by atoms with Gasteiger partial charge in [0.2, 0.25) is 0 Å². The van der Waals surface area contributed by atoms with E-state index in [4.69, 9.17) is 0 Å². The van der Waals surface area contributed by atoms with Crippen LogP contribution in [0.2, 0.25) is 0 Å². The van der Waals surface area contributed by atoms with Crippen molar-refractivity contribution in [2.24, 2.45) is 0 Å². The maximum Gasteiger partial charge on any atom is 0.152 e. The van der Waals surface area contributed by atoms with E-state index in [-0.39, 0.29) is 17.5 Å². The van der Waals surface area contributed by atoms with Crippen molar-refractivity contribution in [3.63, 3.8) is 0 Å². The fourth-order valence-corrected chi connectivity index (χ4v) is 5.06. The molecule has 1 unspecified atom stereocenters. The summed E-state index contributed by atoms with van der Waals surface area (Å²) in [6.45, 7) is 4.11. The van der Waals surface area contributed by atoms with E-state index < -0.39 is 9.84 Å². The Hall–Kier alpha value is -1.21. The van der Waals surface area contributed by atoms with E-state index in [2.05, 4.69) is 22.2 Å². The zero-order chi connectivity index (χ0) is 13.6. The third-order valence-electron chi connectivity index (χ3n) is 3.54. The van der Waals surface area contributed by atoms with E-state index in [9.17, 15) is 8.42 Å². The molecule has 0 aromatic carbocycles. The first-order chi connectivity index (χ1) is 8.96. The van der Waals surface area contributed by atoms with Crippen molar-refractivity contribution in [1.29, 1.82) is 0 Å². The molecular formula is C12H15N3O2S2. The first-order valence-electron chi connectivity index (χ1n) is 6.14. The summed E-state index contributed by atoms with van der Waals surface area (Å²) >= 11 is 1.64. The Morgan fingerprint density at radius 3 is 2.84 bits per heavy atom. The predicted molar refractivity (Wildman–Crippen MR) is 77.6 cm³/mol. The molecule has 7 heteroatoms. The highest BCUT2D eigenvalue weighted by atomic mass is 32.2. The van der Waals surface area contributed by atoms with Gasteiger partial charge < -0.3 is 5.32 Å². The van der Waals surface area contributed by atoms with Gasteiger partial charge in [0.1, 0.15) is 17.0 Å². The molecule has 3 heterocycles. The number of rotatable bonds is 2. The Morgan fingerprint density at radius 1 is 1.37 bits per heavy atom. The van der Waals surface area contributed by atoms with Gasteiger partial charge in [0.05, 0.1) is 16.9 Å². The quantitative estimate of drug-likeness (QED) is 0.916. The number of fused-ring (bicyclic) bond motifs is 1. The number of nitrogens with one attached hydrogen (secondary N) is 1. The summed E-state index contributed by atoms with van der Waals surface area (Å²) in [4.78, 5) is 10.7. The van der Waals surface area contributed by atoms with Gasteiger partial charge in [-0.25, -0.2) is 18.4 Å². The lowest BCUT2D eigenvalue weighted by Crippen LogP contribution is -2.21. The van der Waals surface area contributed by atoms with Crippen LogP contribution < -0.4 is 5.32 Å². The van der Waals surface area contributed by atoms with Crippen molar-refractivity contribution in [1.82, 2.24) is 9.97 Å². The molecule has 1 N–H and O–H groups in total. The van der Waals surface area contributed by atoms with Gasteiger partial charge in [-0.2, -0.15) is 0 Å². The Morgan fingerprint density at radius 2 is 2.16 bits per heavy atom. The number of aromatic nitrogens is 2. The predicted octanol–water partition coefficient (Wildman–Crippen LogP) is 1.91. The van der Waals surface area contributed by atoms with Crippen LogP contribution in [0.15, 0.2) is 6.33 Å². The molecule has 19 heavy (non-hydrogen) atoms. The van der Waals surface area contributed by atoms with Crippen molar-refractivity contribution in [3.05, 3.63) is 16.8 Å².